The minimum Gasteiger partial charge on any atom is -0.291 e. The molecule has 0 aromatic carbocycles. The summed E-state index contributed by atoms with van der Waals surface area (Å²) in [6, 6.07) is 0. The monoisotopic (exact) mass is 109 g/mol. The van der Waals surface area contributed by atoms with Crippen molar-refractivity contribution in [3.63, 3.8) is 0 Å². The lowest BCUT2D eigenvalue weighted by Gasteiger charge is -1.87. The summed E-state index contributed by atoms with van der Waals surface area (Å²) in [5.74, 6) is 0. The summed E-state index contributed by atoms with van der Waals surface area (Å²) in [4.78, 5) is -0.185. The fourth-order valence-electron chi connectivity index (χ4n) is 0.0299. The Balaban J connectivity index is 2.99. The molecule has 0 aliphatic carbocycles. The largest absolute Gasteiger partial charge is 0.291 e. The Kier molecular flexibility index (Phi) is 2.88. The summed E-state index contributed by atoms with van der Waals surface area (Å²) >= 11 is 4.12. The van der Waals surface area contributed by atoms with E-state index in [1.165, 1.54) is 5.48 Å². The lowest BCUT2D eigenvalue weighted by molar-refractivity contribution is 0.232. The lowest BCUT2D eigenvalue weighted by atomic mass is 10.8. The average Bonchev–Trinajstić information content (AvgIpc) is 1.65. The molecule has 0 amide bonds. The molecule has 0 aliphatic rings. The molecule has 0 atom stereocenters. The zero-order valence-electron chi connectivity index (χ0n) is 2.94. The molecule has 36 valence electrons. The van der Waals surface area contributed by atoms with Crippen LogP contribution < -0.4 is 5.48 Å². The molecule has 0 unspecified atom stereocenters. The first-order chi connectivity index (χ1) is 2.81. The highest BCUT2D eigenvalue weighted by molar-refractivity contribution is 7.80. The van der Waals surface area contributed by atoms with Gasteiger partial charge in [0.15, 0.2) is 0 Å². The van der Waals surface area contributed by atoms with Crippen molar-refractivity contribution in [1.82, 2.24) is 5.48 Å². The summed E-state index contributed by atoms with van der Waals surface area (Å²) in [5.41, 5.74) is 1.47. The number of rotatable bonds is 1. The lowest BCUT2D eigenvalue weighted by Crippen LogP contribution is -2.17. The predicted molar refractivity (Wildman–Crippen MR) is 23.5 cm³/mol. The maximum atomic E-state index is 11.0. The number of nitrogens with one attached hydrogen (secondary N) is 1. The molecule has 6 heavy (non-hydrogen) atoms. The van der Waals surface area contributed by atoms with Gasteiger partial charge in [-0.1, -0.05) is 12.2 Å². The summed E-state index contributed by atoms with van der Waals surface area (Å²) in [5, 5.41) is 7.70. The highest BCUT2D eigenvalue weighted by atomic mass is 32.1. The van der Waals surface area contributed by atoms with Crippen LogP contribution in [0.1, 0.15) is 0 Å². The van der Waals surface area contributed by atoms with Crippen LogP contribution in [-0.2, 0) is 0 Å². The zero-order chi connectivity index (χ0) is 4.99. The maximum Gasteiger partial charge on any atom is 0.142 e. The second-order valence-corrected chi connectivity index (χ2v) is 1.16. The molecule has 0 aliphatic heterocycles. The summed E-state index contributed by atoms with van der Waals surface area (Å²) in [6.07, 6.45) is 0. The van der Waals surface area contributed by atoms with Crippen LogP contribution in [0.15, 0.2) is 0 Å². The van der Waals surface area contributed by atoms with E-state index in [0.29, 0.717) is 0 Å². The molecule has 0 heterocycles. The van der Waals surface area contributed by atoms with Gasteiger partial charge < -0.3 is 0 Å². The van der Waals surface area contributed by atoms with Crippen molar-refractivity contribution in [1.29, 1.82) is 0 Å². The number of hydrogen-bond acceptors (Lipinski definition) is 2. The Labute approximate surface area is 39.9 Å². The standard InChI is InChI=1S/C2H4FNOS/c3-1-2(6)4-5/h5H,1H2,(H,4,6). The van der Waals surface area contributed by atoms with Gasteiger partial charge >= 0.3 is 0 Å². The summed E-state index contributed by atoms with van der Waals surface area (Å²) < 4.78 is 11.0. The first-order valence-corrected chi connectivity index (χ1v) is 1.71. The van der Waals surface area contributed by atoms with Gasteiger partial charge in [-0.05, 0) is 0 Å². The molecule has 0 spiro atoms. The van der Waals surface area contributed by atoms with Gasteiger partial charge in [0.1, 0.15) is 11.7 Å². The average molecular weight is 109 g/mol. The van der Waals surface area contributed by atoms with Gasteiger partial charge in [-0.3, -0.25) is 10.7 Å². The molecule has 0 fully saturated rings. The Morgan fingerprint density at radius 2 is 2.50 bits per heavy atom. The van der Waals surface area contributed by atoms with E-state index >= 15 is 0 Å². The minimum absolute atomic E-state index is 0.185. The Hall–Kier alpha value is -0.220. The smallest absolute Gasteiger partial charge is 0.142 e. The van der Waals surface area contributed by atoms with E-state index in [0.717, 1.165) is 0 Å². The third-order valence-electron chi connectivity index (χ3n) is 0.246. The fraction of sp³-hybridized carbons (Fsp3) is 0.500. The van der Waals surface area contributed by atoms with Crippen molar-refractivity contribution in [3.8, 4) is 0 Å². The van der Waals surface area contributed by atoms with Gasteiger partial charge in [-0.15, -0.1) is 0 Å². The number of hydrogen-bond donors (Lipinski definition) is 2. The van der Waals surface area contributed by atoms with Crippen molar-refractivity contribution in [2.75, 3.05) is 6.67 Å². The van der Waals surface area contributed by atoms with E-state index in [1.54, 1.807) is 0 Å². The minimum atomic E-state index is -0.800. The van der Waals surface area contributed by atoms with E-state index in [4.69, 9.17) is 5.21 Å². The number of halogens is 1. The van der Waals surface area contributed by atoms with Crippen LogP contribution in [0.4, 0.5) is 4.39 Å². The Morgan fingerprint density at radius 1 is 2.00 bits per heavy atom. The van der Waals surface area contributed by atoms with E-state index in [-0.39, 0.29) is 4.99 Å². The third-order valence-corrected chi connectivity index (χ3v) is 0.446. The first-order valence-electron chi connectivity index (χ1n) is 1.30. The van der Waals surface area contributed by atoms with E-state index < -0.39 is 6.67 Å². The number of thiocarbonyl (C=S) groups is 1. The van der Waals surface area contributed by atoms with Crippen LogP contribution in [0, 0.1) is 0 Å². The molecule has 0 rings (SSSR count). The van der Waals surface area contributed by atoms with Crippen LogP contribution in [0.3, 0.4) is 0 Å². The molecule has 0 saturated heterocycles. The van der Waals surface area contributed by atoms with Crippen molar-refractivity contribution < 1.29 is 9.60 Å². The van der Waals surface area contributed by atoms with Crippen molar-refractivity contribution in [3.05, 3.63) is 0 Å². The Morgan fingerprint density at radius 3 is 2.50 bits per heavy atom. The molecule has 2 N–H and O–H groups in total. The van der Waals surface area contributed by atoms with Gasteiger partial charge in [0.2, 0.25) is 0 Å². The predicted octanol–water partition coefficient (Wildman–Crippen LogP) is 0.262. The maximum absolute atomic E-state index is 11.0. The molecular weight excluding hydrogens is 105 g/mol. The molecule has 0 aromatic rings. The van der Waals surface area contributed by atoms with Crippen molar-refractivity contribution in [2.24, 2.45) is 0 Å². The quantitative estimate of drug-likeness (QED) is 0.374. The Bertz CT molecular complexity index is 51.5. The zero-order valence-corrected chi connectivity index (χ0v) is 3.76. The van der Waals surface area contributed by atoms with Gasteiger partial charge in [0.25, 0.3) is 0 Å². The highest BCUT2D eigenvalue weighted by Crippen LogP contribution is 1.67. The van der Waals surface area contributed by atoms with Gasteiger partial charge in [-0.25, -0.2) is 4.39 Å². The molecule has 0 bridgehead atoms. The van der Waals surface area contributed by atoms with Crippen LogP contribution >= 0.6 is 12.2 Å². The van der Waals surface area contributed by atoms with Crippen LogP contribution in [0.5, 0.6) is 0 Å². The van der Waals surface area contributed by atoms with Gasteiger partial charge in [-0.2, -0.15) is 0 Å². The van der Waals surface area contributed by atoms with Crippen LogP contribution in [-0.4, -0.2) is 16.9 Å². The topological polar surface area (TPSA) is 32.3 Å². The molecular formula is C2H4FNOS. The SMILES string of the molecule is ONC(=S)CF. The molecule has 0 radical (unpaired) electrons. The second kappa shape index (κ2) is 2.99. The molecule has 0 saturated carbocycles. The first kappa shape index (κ1) is 5.78. The van der Waals surface area contributed by atoms with Crippen molar-refractivity contribution in [2.45, 2.75) is 0 Å². The van der Waals surface area contributed by atoms with Crippen LogP contribution in [0.2, 0.25) is 0 Å². The molecule has 4 heteroatoms. The van der Waals surface area contributed by atoms with E-state index in [1.807, 2.05) is 0 Å². The van der Waals surface area contributed by atoms with Gasteiger partial charge in [0, 0.05) is 0 Å². The summed E-state index contributed by atoms with van der Waals surface area (Å²) in [6.45, 7) is -0.800. The third kappa shape index (κ3) is 2.04. The van der Waals surface area contributed by atoms with Crippen LogP contribution in [0.25, 0.3) is 0 Å². The molecule has 0 aromatic heterocycles. The highest BCUT2D eigenvalue weighted by Gasteiger charge is 1.84. The van der Waals surface area contributed by atoms with Gasteiger partial charge in [0.05, 0.1) is 0 Å². The number of alkyl halides is 1. The fourth-order valence-corrected chi connectivity index (χ4v) is 0.0299. The van der Waals surface area contributed by atoms with E-state index in [2.05, 4.69) is 12.2 Å². The van der Waals surface area contributed by atoms with Crippen molar-refractivity contribution >= 4 is 17.2 Å². The normalized spacial score (nSPS) is 7.67. The molecule has 2 nitrogen and oxygen atoms in total. The summed E-state index contributed by atoms with van der Waals surface area (Å²) in [7, 11) is 0. The second-order valence-electron chi connectivity index (χ2n) is 0.669. The number of hydroxylamine groups is 1. The van der Waals surface area contributed by atoms with E-state index in [9.17, 15) is 4.39 Å².